The third-order valence-electron chi connectivity index (χ3n) is 2.24. The van der Waals surface area contributed by atoms with Crippen LogP contribution in [0.25, 0.3) is 0 Å². The first-order valence-electron chi connectivity index (χ1n) is 4.13. The largest absolute Gasteiger partial charge is 0.478 e. The van der Waals surface area contributed by atoms with Crippen molar-refractivity contribution >= 4 is 17.7 Å². The van der Waals surface area contributed by atoms with Gasteiger partial charge in [0, 0.05) is 11.7 Å². The zero-order chi connectivity index (χ0) is 9.26. The second-order valence-corrected chi connectivity index (χ2v) is 4.21. The van der Waals surface area contributed by atoms with Crippen molar-refractivity contribution in [3.05, 3.63) is 17.5 Å². The summed E-state index contributed by atoms with van der Waals surface area (Å²) in [6.07, 6.45) is 2.44. The zero-order valence-corrected chi connectivity index (χ0v) is 7.80. The van der Waals surface area contributed by atoms with E-state index in [1.54, 1.807) is 0 Å². The van der Waals surface area contributed by atoms with E-state index in [0.29, 0.717) is 11.5 Å². The van der Waals surface area contributed by atoms with Crippen molar-refractivity contribution in [2.45, 2.75) is 12.3 Å². The van der Waals surface area contributed by atoms with Crippen LogP contribution in [0.1, 0.15) is 28.4 Å². The molecule has 5 heteroatoms. The van der Waals surface area contributed by atoms with Crippen LogP contribution in [0.15, 0.2) is 6.20 Å². The number of carboxylic acids is 1. The highest BCUT2D eigenvalue weighted by Crippen LogP contribution is 2.32. The maximum atomic E-state index is 10.8. The van der Waals surface area contributed by atoms with E-state index in [1.165, 1.54) is 6.20 Å². The molecule has 0 amide bonds. The smallest absolute Gasteiger partial charge is 0.339 e. The number of hydrogen-bond donors (Lipinski definition) is 2. The Labute approximate surface area is 79.7 Å². The Kier molecular flexibility index (Phi) is 2.26. The minimum absolute atomic E-state index is 0.326. The number of thioether (sulfide) groups is 1. The standard InChI is InChI=1S/C8H10N2O2S/c11-8(12)6-3-9-10-7(6)5-1-2-13-4-5/h3,5H,1-2,4H2,(H,9,10)(H,11,12). The van der Waals surface area contributed by atoms with Gasteiger partial charge in [-0.2, -0.15) is 16.9 Å². The fourth-order valence-corrected chi connectivity index (χ4v) is 2.78. The lowest BCUT2D eigenvalue weighted by atomic mass is 10.0. The summed E-state index contributed by atoms with van der Waals surface area (Å²) in [6.45, 7) is 0. The number of nitrogens with zero attached hydrogens (tertiary/aromatic N) is 1. The number of aromatic nitrogens is 2. The van der Waals surface area contributed by atoms with Crippen molar-refractivity contribution in [1.29, 1.82) is 0 Å². The van der Waals surface area contributed by atoms with E-state index in [1.807, 2.05) is 11.8 Å². The minimum atomic E-state index is -0.888. The molecule has 0 bridgehead atoms. The van der Waals surface area contributed by atoms with Gasteiger partial charge in [0.05, 0.1) is 11.9 Å². The SMILES string of the molecule is O=C(O)c1cn[nH]c1C1CCSC1. The topological polar surface area (TPSA) is 66.0 Å². The Balaban J connectivity index is 2.28. The summed E-state index contributed by atoms with van der Waals surface area (Å²) in [5, 5.41) is 15.4. The van der Waals surface area contributed by atoms with Crippen LogP contribution in [0.4, 0.5) is 0 Å². The minimum Gasteiger partial charge on any atom is -0.478 e. The van der Waals surface area contributed by atoms with Crippen molar-refractivity contribution < 1.29 is 9.90 Å². The van der Waals surface area contributed by atoms with Crippen molar-refractivity contribution in [2.75, 3.05) is 11.5 Å². The molecule has 1 unspecified atom stereocenters. The molecule has 0 spiro atoms. The first-order chi connectivity index (χ1) is 6.29. The molecule has 13 heavy (non-hydrogen) atoms. The average molecular weight is 198 g/mol. The third-order valence-corrected chi connectivity index (χ3v) is 3.40. The highest BCUT2D eigenvalue weighted by molar-refractivity contribution is 7.99. The first-order valence-corrected chi connectivity index (χ1v) is 5.29. The highest BCUT2D eigenvalue weighted by atomic mass is 32.2. The van der Waals surface area contributed by atoms with Crippen LogP contribution >= 0.6 is 11.8 Å². The molecule has 1 fully saturated rings. The molecule has 0 saturated carbocycles. The molecule has 1 saturated heterocycles. The number of hydrogen-bond acceptors (Lipinski definition) is 3. The monoisotopic (exact) mass is 198 g/mol. The molecule has 0 radical (unpaired) electrons. The molecule has 1 aromatic heterocycles. The normalized spacial score (nSPS) is 22.0. The Hall–Kier alpha value is -0.970. The van der Waals surface area contributed by atoms with Crippen molar-refractivity contribution in [2.24, 2.45) is 0 Å². The molecule has 1 aliphatic rings. The fraction of sp³-hybridized carbons (Fsp3) is 0.500. The lowest BCUT2D eigenvalue weighted by molar-refractivity contribution is 0.0695. The van der Waals surface area contributed by atoms with Gasteiger partial charge in [-0.15, -0.1) is 0 Å². The van der Waals surface area contributed by atoms with Gasteiger partial charge in [-0.3, -0.25) is 5.10 Å². The van der Waals surface area contributed by atoms with Gasteiger partial charge in [-0.25, -0.2) is 4.79 Å². The van der Waals surface area contributed by atoms with Gasteiger partial charge >= 0.3 is 5.97 Å². The van der Waals surface area contributed by atoms with E-state index < -0.39 is 5.97 Å². The van der Waals surface area contributed by atoms with Crippen LogP contribution in [-0.2, 0) is 0 Å². The quantitative estimate of drug-likeness (QED) is 0.752. The Morgan fingerprint density at radius 2 is 2.62 bits per heavy atom. The molecular formula is C8H10N2O2S. The highest BCUT2D eigenvalue weighted by Gasteiger charge is 2.24. The fourth-order valence-electron chi connectivity index (χ4n) is 1.54. The predicted molar refractivity (Wildman–Crippen MR) is 50.2 cm³/mol. The summed E-state index contributed by atoms with van der Waals surface area (Å²) in [5.74, 6) is 1.57. The van der Waals surface area contributed by atoms with Crippen LogP contribution in [0.3, 0.4) is 0 Å². The van der Waals surface area contributed by atoms with E-state index in [0.717, 1.165) is 23.6 Å². The number of carboxylic acid groups (broad SMARTS) is 1. The Morgan fingerprint density at radius 1 is 1.77 bits per heavy atom. The molecule has 1 aromatic rings. The van der Waals surface area contributed by atoms with E-state index >= 15 is 0 Å². The average Bonchev–Trinajstić information content (AvgIpc) is 2.74. The van der Waals surface area contributed by atoms with Gasteiger partial charge in [0.25, 0.3) is 0 Å². The summed E-state index contributed by atoms with van der Waals surface area (Å²) >= 11 is 1.86. The predicted octanol–water partition coefficient (Wildman–Crippen LogP) is 1.33. The van der Waals surface area contributed by atoms with Crippen LogP contribution in [0.2, 0.25) is 0 Å². The zero-order valence-electron chi connectivity index (χ0n) is 6.99. The summed E-state index contributed by atoms with van der Waals surface area (Å²) < 4.78 is 0. The summed E-state index contributed by atoms with van der Waals surface area (Å²) in [6, 6.07) is 0. The molecular weight excluding hydrogens is 188 g/mol. The molecule has 0 aromatic carbocycles. The van der Waals surface area contributed by atoms with Crippen LogP contribution in [0, 0.1) is 0 Å². The van der Waals surface area contributed by atoms with Gasteiger partial charge < -0.3 is 5.11 Å². The first kappa shape index (κ1) is 8.62. The third kappa shape index (κ3) is 1.56. The molecule has 1 atom stereocenters. The van der Waals surface area contributed by atoms with Crippen LogP contribution in [0.5, 0.6) is 0 Å². The molecule has 2 heterocycles. The van der Waals surface area contributed by atoms with Crippen molar-refractivity contribution in [1.82, 2.24) is 10.2 Å². The summed E-state index contributed by atoms with van der Waals surface area (Å²) in [4.78, 5) is 10.8. The van der Waals surface area contributed by atoms with Crippen molar-refractivity contribution in [3.8, 4) is 0 Å². The van der Waals surface area contributed by atoms with E-state index in [9.17, 15) is 4.79 Å². The van der Waals surface area contributed by atoms with Gasteiger partial charge in [0.1, 0.15) is 5.56 Å². The second kappa shape index (κ2) is 3.41. The van der Waals surface area contributed by atoms with E-state index in [-0.39, 0.29) is 0 Å². The number of aromatic carboxylic acids is 1. The number of aromatic amines is 1. The lowest BCUT2D eigenvalue weighted by Gasteiger charge is -2.05. The molecule has 70 valence electrons. The summed E-state index contributed by atoms with van der Waals surface area (Å²) in [5.41, 5.74) is 1.12. The number of nitrogens with one attached hydrogen (secondary N) is 1. The van der Waals surface area contributed by atoms with Crippen LogP contribution in [-0.4, -0.2) is 32.8 Å². The van der Waals surface area contributed by atoms with Crippen LogP contribution < -0.4 is 0 Å². The maximum absolute atomic E-state index is 10.8. The Morgan fingerprint density at radius 3 is 3.23 bits per heavy atom. The van der Waals surface area contributed by atoms with Gasteiger partial charge in [-0.1, -0.05) is 0 Å². The molecule has 2 N–H and O–H groups in total. The molecule has 4 nitrogen and oxygen atoms in total. The van der Waals surface area contributed by atoms with Gasteiger partial charge in [0.2, 0.25) is 0 Å². The number of rotatable bonds is 2. The maximum Gasteiger partial charge on any atom is 0.339 e. The van der Waals surface area contributed by atoms with Crippen molar-refractivity contribution in [3.63, 3.8) is 0 Å². The molecule has 2 rings (SSSR count). The van der Waals surface area contributed by atoms with Gasteiger partial charge in [0.15, 0.2) is 0 Å². The second-order valence-electron chi connectivity index (χ2n) is 3.06. The molecule has 0 aliphatic carbocycles. The number of carbonyl (C=O) groups is 1. The van der Waals surface area contributed by atoms with E-state index in [4.69, 9.17) is 5.11 Å². The lowest BCUT2D eigenvalue weighted by Crippen LogP contribution is -2.05. The number of H-pyrrole nitrogens is 1. The van der Waals surface area contributed by atoms with E-state index in [2.05, 4.69) is 10.2 Å². The Bertz CT molecular complexity index is 318. The molecule has 1 aliphatic heterocycles. The van der Waals surface area contributed by atoms with Gasteiger partial charge in [-0.05, 0) is 12.2 Å². The summed E-state index contributed by atoms with van der Waals surface area (Å²) in [7, 11) is 0.